The molecule has 0 spiro atoms. The van der Waals surface area contributed by atoms with Crippen LogP contribution >= 0.6 is 11.6 Å². The van der Waals surface area contributed by atoms with Gasteiger partial charge in [0.15, 0.2) is 0 Å². The van der Waals surface area contributed by atoms with Crippen LogP contribution in [-0.4, -0.2) is 6.36 Å². The van der Waals surface area contributed by atoms with E-state index in [2.05, 4.69) is 4.74 Å². The molecule has 2 aromatic rings. The molecular formula is C13H7ClF4O. The maximum Gasteiger partial charge on any atom is 0.573 e. The third kappa shape index (κ3) is 3.61. The number of hydrogen-bond acceptors (Lipinski definition) is 1. The summed E-state index contributed by atoms with van der Waals surface area (Å²) in [5.74, 6) is -0.910. The van der Waals surface area contributed by atoms with Crippen molar-refractivity contribution in [3.8, 4) is 16.9 Å². The van der Waals surface area contributed by atoms with Gasteiger partial charge in [-0.1, -0.05) is 23.7 Å². The lowest BCUT2D eigenvalue weighted by Crippen LogP contribution is -2.17. The van der Waals surface area contributed by atoms with E-state index >= 15 is 0 Å². The lowest BCUT2D eigenvalue weighted by molar-refractivity contribution is -0.274. The molecule has 0 aliphatic heterocycles. The number of alkyl halides is 3. The van der Waals surface area contributed by atoms with Crippen molar-refractivity contribution in [3.05, 3.63) is 53.3 Å². The fraction of sp³-hybridized carbons (Fsp3) is 0.0769. The zero-order valence-electron chi connectivity index (χ0n) is 9.34. The second-order valence-corrected chi connectivity index (χ2v) is 4.11. The minimum atomic E-state index is -4.78. The number of hydrogen-bond donors (Lipinski definition) is 0. The summed E-state index contributed by atoms with van der Waals surface area (Å²) < 4.78 is 53.3. The van der Waals surface area contributed by atoms with Crippen molar-refractivity contribution in [2.24, 2.45) is 0 Å². The highest BCUT2D eigenvalue weighted by atomic mass is 35.5. The summed E-state index contributed by atoms with van der Waals surface area (Å²) in [7, 11) is 0. The summed E-state index contributed by atoms with van der Waals surface area (Å²) in [6, 6.07) is 8.87. The molecule has 6 heteroatoms. The Labute approximate surface area is 111 Å². The summed E-state index contributed by atoms with van der Waals surface area (Å²) in [5, 5.41) is 0.208. The van der Waals surface area contributed by atoms with Gasteiger partial charge in [-0.3, -0.25) is 0 Å². The maximum absolute atomic E-state index is 13.1. The van der Waals surface area contributed by atoms with E-state index in [1.165, 1.54) is 24.3 Å². The molecule has 100 valence electrons. The second kappa shape index (κ2) is 5.09. The maximum atomic E-state index is 13.1. The molecule has 1 nitrogen and oxygen atoms in total. The normalized spacial score (nSPS) is 11.4. The number of ether oxygens (including phenoxy) is 1. The number of halogens is 5. The fourth-order valence-corrected chi connectivity index (χ4v) is 1.81. The van der Waals surface area contributed by atoms with E-state index in [9.17, 15) is 17.6 Å². The Morgan fingerprint density at radius 1 is 1.00 bits per heavy atom. The Kier molecular flexibility index (Phi) is 3.66. The molecule has 0 aliphatic carbocycles. The van der Waals surface area contributed by atoms with Crippen LogP contribution in [0.15, 0.2) is 42.5 Å². The van der Waals surface area contributed by atoms with Crippen molar-refractivity contribution in [2.75, 3.05) is 0 Å². The molecule has 0 saturated heterocycles. The topological polar surface area (TPSA) is 9.23 Å². The second-order valence-electron chi connectivity index (χ2n) is 3.70. The van der Waals surface area contributed by atoms with E-state index in [1.807, 2.05) is 0 Å². The van der Waals surface area contributed by atoms with Crippen LogP contribution in [0.3, 0.4) is 0 Å². The molecule has 2 aromatic carbocycles. The Morgan fingerprint density at radius 3 is 2.37 bits per heavy atom. The van der Waals surface area contributed by atoms with E-state index in [0.29, 0.717) is 5.56 Å². The van der Waals surface area contributed by atoms with Crippen LogP contribution in [0.25, 0.3) is 11.1 Å². The Balaban J connectivity index is 2.43. The number of rotatable bonds is 2. The van der Waals surface area contributed by atoms with E-state index in [-0.39, 0.29) is 10.6 Å². The smallest absolute Gasteiger partial charge is 0.406 e. The van der Waals surface area contributed by atoms with Gasteiger partial charge in [-0.15, -0.1) is 13.2 Å². The molecule has 0 saturated carbocycles. The molecule has 0 atom stereocenters. The van der Waals surface area contributed by atoms with Gasteiger partial charge in [0.05, 0.1) is 0 Å². The Hall–Kier alpha value is -1.75. The van der Waals surface area contributed by atoms with Gasteiger partial charge in [-0.05, 0) is 35.9 Å². The first-order valence-electron chi connectivity index (χ1n) is 5.16. The van der Waals surface area contributed by atoms with Crippen molar-refractivity contribution < 1.29 is 22.3 Å². The predicted molar refractivity (Wildman–Crippen MR) is 63.5 cm³/mol. The van der Waals surface area contributed by atoms with E-state index in [0.717, 1.165) is 12.1 Å². The van der Waals surface area contributed by atoms with E-state index in [4.69, 9.17) is 11.6 Å². The molecular weight excluding hydrogens is 284 g/mol. The predicted octanol–water partition coefficient (Wildman–Crippen LogP) is 5.04. The van der Waals surface area contributed by atoms with E-state index in [1.54, 1.807) is 6.07 Å². The van der Waals surface area contributed by atoms with Gasteiger partial charge in [0.2, 0.25) is 0 Å². The first-order valence-corrected chi connectivity index (χ1v) is 5.54. The Bertz CT molecular complexity index is 595. The van der Waals surface area contributed by atoms with Crippen molar-refractivity contribution >= 4 is 11.6 Å². The summed E-state index contributed by atoms with van der Waals surface area (Å²) in [4.78, 5) is 0. The molecule has 0 aliphatic rings. The van der Waals surface area contributed by atoms with Crippen molar-refractivity contribution in [3.63, 3.8) is 0 Å². The highest BCUT2D eigenvalue weighted by Gasteiger charge is 2.31. The van der Waals surface area contributed by atoms with Crippen LogP contribution in [0, 0.1) is 5.82 Å². The summed E-state index contributed by atoms with van der Waals surface area (Å²) in [6.07, 6.45) is -4.78. The van der Waals surface area contributed by atoms with Gasteiger partial charge < -0.3 is 4.74 Å². The molecule has 0 aromatic heterocycles. The lowest BCUT2D eigenvalue weighted by atomic mass is 10.1. The SMILES string of the molecule is Fc1cccc(-c2cc(OC(F)(F)F)ccc2Cl)c1. The highest BCUT2D eigenvalue weighted by Crippen LogP contribution is 2.33. The van der Waals surface area contributed by atoms with Crippen LogP contribution < -0.4 is 4.74 Å². The van der Waals surface area contributed by atoms with Gasteiger partial charge >= 0.3 is 6.36 Å². The molecule has 0 bridgehead atoms. The monoisotopic (exact) mass is 290 g/mol. The zero-order valence-corrected chi connectivity index (χ0v) is 10.1. The summed E-state index contributed by atoms with van der Waals surface area (Å²) in [6.45, 7) is 0. The summed E-state index contributed by atoms with van der Waals surface area (Å²) in [5.41, 5.74) is 0.639. The molecule has 19 heavy (non-hydrogen) atoms. The summed E-state index contributed by atoms with van der Waals surface area (Å²) >= 11 is 5.90. The Morgan fingerprint density at radius 2 is 1.74 bits per heavy atom. The van der Waals surface area contributed by atoms with Crippen LogP contribution in [0.4, 0.5) is 17.6 Å². The minimum absolute atomic E-state index is 0.208. The lowest BCUT2D eigenvalue weighted by Gasteiger charge is -2.11. The van der Waals surface area contributed by atoms with Crippen LogP contribution in [0.2, 0.25) is 5.02 Å². The standard InChI is InChI=1S/C13H7ClF4O/c14-12-5-4-10(19-13(16,17)18)7-11(12)8-2-1-3-9(15)6-8/h1-7H. The first kappa shape index (κ1) is 13.7. The molecule has 0 N–H and O–H groups in total. The van der Waals surface area contributed by atoms with Crippen molar-refractivity contribution in [2.45, 2.75) is 6.36 Å². The largest absolute Gasteiger partial charge is 0.573 e. The van der Waals surface area contributed by atoms with Crippen LogP contribution in [-0.2, 0) is 0 Å². The van der Waals surface area contributed by atoms with Crippen LogP contribution in [0.5, 0.6) is 5.75 Å². The molecule has 2 rings (SSSR count). The molecule has 0 unspecified atom stereocenters. The van der Waals surface area contributed by atoms with Gasteiger partial charge in [0.1, 0.15) is 11.6 Å². The average Bonchev–Trinajstić information content (AvgIpc) is 2.30. The molecule has 0 fully saturated rings. The molecule has 0 amide bonds. The molecule has 0 radical (unpaired) electrons. The van der Waals surface area contributed by atoms with Gasteiger partial charge in [0, 0.05) is 10.6 Å². The first-order chi connectivity index (χ1) is 8.85. The highest BCUT2D eigenvalue weighted by molar-refractivity contribution is 6.33. The van der Waals surface area contributed by atoms with Gasteiger partial charge in [-0.2, -0.15) is 0 Å². The van der Waals surface area contributed by atoms with Crippen molar-refractivity contribution in [1.82, 2.24) is 0 Å². The molecule has 0 heterocycles. The third-order valence-electron chi connectivity index (χ3n) is 2.31. The van der Waals surface area contributed by atoms with Crippen molar-refractivity contribution in [1.29, 1.82) is 0 Å². The fourth-order valence-electron chi connectivity index (χ4n) is 1.58. The number of benzene rings is 2. The van der Waals surface area contributed by atoms with Crippen LogP contribution in [0.1, 0.15) is 0 Å². The zero-order chi connectivity index (χ0) is 14.0. The van der Waals surface area contributed by atoms with Gasteiger partial charge in [0.25, 0.3) is 0 Å². The average molecular weight is 291 g/mol. The third-order valence-corrected chi connectivity index (χ3v) is 2.64. The van der Waals surface area contributed by atoms with Gasteiger partial charge in [-0.25, -0.2) is 4.39 Å². The quantitative estimate of drug-likeness (QED) is 0.704. The minimum Gasteiger partial charge on any atom is -0.406 e. The van der Waals surface area contributed by atoms with E-state index < -0.39 is 17.9 Å².